The Labute approximate surface area is 120 Å². The summed E-state index contributed by atoms with van der Waals surface area (Å²) in [6.45, 7) is 3.44. The highest BCUT2D eigenvalue weighted by Crippen LogP contribution is 2.36. The second-order valence-electron chi connectivity index (χ2n) is 4.45. The van der Waals surface area contributed by atoms with Gasteiger partial charge < -0.3 is 9.67 Å². The molecule has 1 N–H and O–H groups in total. The summed E-state index contributed by atoms with van der Waals surface area (Å²) in [5.74, 6) is 0.616. The van der Waals surface area contributed by atoms with Gasteiger partial charge in [0, 0.05) is 12.1 Å². The van der Waals surface area contributed by atoms with Crippen molar-refractivity contribution in [1.82, 2.24) is 14.8 Å². The molecule has 0 aliphatic heterocycles. The minimum absolute atomic E-state index is 0.0713. The minimum Gasteiger partial charge on any atom is -0.388 e. The van der Waals surface area contributed by atoms with Gasteiger partial charge in [0.15, 0.2) is 11.6 Å². The number of hydrogen-bond acceptors (Lipinski definition) is 5. The van der Waals surface area contributed by atoms with E-state index in [9.17, 15) is 15.2 Å². The van der Waals surface area contributed by atoms with Crippen LogP contribution in [0.4, 0.5) is 5.69 Å². The zero-order valence-electron chi connectivity index (χ0n) is 10.9. The molecule has 7 nitrogen and oxygen atoms in total. The van der Waals surface area contributed by atoms with Crippen LogP contribution in [0, 0.1) is 10.1 Å². The smallest absolute Gasteiger partial charge is 0.281 e. The van der Waals surface area contributed by atoms with Crippen LogP contribution in [0.25, 0.3) is 11.4 Å². The number of nitro groups is 1. The Bertz CT molecular complexity index is 654. The monoisotopic (exact) mass is 296 g/mol. The van der Waals surface area contributed by atoms with Gasteiger partial charge in [0.1, 0.15) is 12.2 Å². The van der Waals surface area contributed by atoms with Gasteiger partial charge in [0.05, 0.1) is 9.95 Å². The Morgan fingerprint density at radius 2 is 2.15 bits per heavy atom. The highest BCUT2D eigenvalue weighted by atomic mass is 35.5. The van der Waals surface area contributed by atoms with E-state index in [4.69, 9.17) is 11.6 Å². The van der Waals surface area contributed by atoms with Gasteiger partial charge in [-0.1, -0.05) is 17.7 Å². The molecule has 0 radical (unpaired) electrons. The fraction of sp³-hybridized carbons (Fsp3) is 0.333. The van der Waals surface area contributed by atoms with Gasteiger partial charge >= 0.3 is 0 Å². The zero-order valence-corrected chi connectivity index (χ0v) is 11.7. The fourth-order valence-corrected chi connectivity index (χ4v) is 2.28. The largest absolute Gasteiger partial charge is 0.388 e. The number of halogens is 1. The van der Waals surface area contributed by atoms with Crippen molar-refractivity contribution in [2.45, 2.75) is 26.5 Å². The van der Waals surface area contributed by atoms with Crippen LogP contribution in [-0.2, 0) is 6.61 Å². The van der Waals surface area contributed by atoms with Crippen LogP contribution in [0.5, 0.6) is 0 Å². The third kappa shape index (κ3) is 2.37. The number of aliphatic hydroxyl groups is 1. The van der Waals surface area contributed by atoms with Gasteiger partial charge in [-0.25, -0.2) is 0 Å². The first-order valence-corrected chi connectivity index (χ1v) is 6.33. The first-order chi connectivity index (χ1) is 9.47. The van der Waals surface area contributed by atoms with Crippen LogP contribution < -0.4 is 0 Å². The predicted molar refractivity (Wildman–Crippen MR) is 73.4 cm³/mol. The number of benzene rings is 1. The van der Waals surface area contributed by atoms with E-state index in [0.717, 1.165) is 0 Å². The number of nitrogens with zero attached hydrogens (tertiary/aromatic N) is 4. The Kier molecular flexibility index (Phi) is 4.01. The number of hydrogen-bond donors (Lipinski definition) is 1. The summed E-state index contributed by atoms with van der Waals surface area (Å²) in [6.07, 6.45) is 0. The lowest BCUT2D eigenvalue weighted by molar-refractivity contribution is -0.384. The van der Waals surface area contributed by atoms with Gasteiger partial charge in [-0.05, 0) is 19.9 Å². The summed E-state index contributed by atoms with van der Waals surface area (Å²) in [5, 5.41) is 28.5. The average molecular weight is 297 g/mol. The second-order valence-corrected chi connectivity index (χ2v) is 4.86. The molecule has 0 saturated heterocycles. The summed E-state index contributed by atoms with van der Waals surface area (Å²) in [7, 11) is 0. The van der Waals surface area contributed by atoms with Crippen molar-refractivity contribution in [1.29, 1.82) is 0 Å². The van der Waals surface area contributed by atoms with E-state index in [-0.39, 0.29) is 34.7 Å². The second kappa shape index (κ2) is 5.56. The van der Waals surface area contributed by atoms with Crippen LogP contribution in [0.15, 0.2) is 18.2 Å². The van der Waals surface area contributed by atoms with E-state index in [1.165, 1.54) is 12.1 Å². The lowest BCUT2D eigenvalue weighted by atomic mass is 10.1. The first kappa shape index (κ1) is 14.4. The Morgan fingerprint density at radius 3 is 2.70 bits per heavy atom. The molecule has 8 heteroatoms. The fourth-order valence-electron chi connectivity index (χ4n) is 2.03. The van der Waals surface area contributed by atoms with E-state index in [1.807, 2.05) is 13.8 Å². The number of aromatic nitrogens is 3. The van der Waals surface area contributed by atoms with E-state index in [2.05, 4.69) is 10.2 Å². The predicted octanol–water partition coefficient (Wildman–Crippen LogP) is 2.58. The molecule has 20 heavy (non-hydrogen) atoms. The van der Waals surface area contributed by atoms with Crippen molar-refractivity contribution >= 4 is 17.3 Å². The maximum Gasteiger partial charge on any atom is 0.281 e. The van der Waals surface area contributed by atoms with Crippen molar-refractivity contribution in [3.05, 3.63) is 39.2 Å². The van der Waals surface area contributed by atoms with Crippen molar-refractivity contribution in [2.24, 2.45) is 0 Å². The molecule has 1 aromatic carbocycles. The highest BCUT2D eigenvalue weighted by molar-refractivity contribution is 6.33. The molecule has 0 spiro atoms. The average Bonchev–Trinajstić information content (AvgIpc) is 2.81. The molecule has 0 atom stereocenters. The van der Waals surface area contributed by atoms with E-state index < -0.39 is 4.92 Å². The Hall–Kier alpha value is -1.99. The van der Waals surface area contributed by atoms with Crippen molar-refractivity contribution in [3.8, 4) is 11.4 Å². The van der Waals surface area contributed by atoms with Gasteiger partial charge in [-0.2, -0.15) is 0 Å². The van der Waals surface area contributed by atoms with Gasteiger partial charge in [0.2, 0.25) is 0 Å². The minimum atomic E-state index is -0.515. The molecule has 0 saturated carbocycles. The van der Waals surface area contributed by atoms with Gasteiger partial charge in [-0.3, -0.25) is 10.1 Å². The third-order valence-corrected chi connectivity index (χ3v) is 3.15. The molecule has 0 aliphatic rings. The zero-order chi connectivity index (χ0) is 14.9. The molecule has 0 fully saturated rings. The van der Waals surface area contributed by atoms with Crippen LogP contribution in [0.1, 0.15) is 25.7 Å². The molecule has 1 heterocycles. The van der Waals surface area contributed by atoms with Crippen molar-refractivity contribution < 1.29 is 10.0 Å². The van der Waals surface area contributed by atoms with E-state index in [0.29, 0.717) is 5.82 Å². The van der Waals surface area contributed by atoms with Crippen LogP contribution in [-0.4, -0.2) is 24.8 Å². The highest BCUT2D eigenvalue weighted by Gasteiger charge is 2.25. The summed E-state index contributed by atoms with van der Waals surface area (Å²) >= 11 is 6.09. The molecule has 0 bridgehead atoms. The molecule has 0 unspecified atom stereocenters. The van der Waals surface area contributed by atoms with Crippen LogP contribution in [0.2, 0.25) is 5.02 Å². The maximum absolute atomic E-state index is 11.1. The van der Waals surface area contributed by atoms with Crippen molar-refractivity contribution in [3.63, 3.8) is 0 Å². The molecule has 2 aromatic rings. The topological polar surface area (TPSA) is 94.1 Å². The summed E-state index contributed by atoms with van der Waals surface area (Å²) in [4.78, 5) is 10.6. The lowest BCUT2D eigenvalue weighted by Crippen LogP contribution is -2.09. The standard InChI is InChI=1S/C12H13ClN4O3/c1-7(2)16-10(6-18)14-15-12(16)11-8(13)4-3-5-9(11)17(19)20/h3-5,7,18H,6H2,1-2H3. The van der Waals surface area contributed by atoms with Gasteiger partial charge in [0.25, 0.3) is 5.69 Å². The van der Waals surface area contributed by atoms with Crippen LogP contribution in [0.3, 0.4) is 0 Å². The Balaban J connectivity index is 2.75. The molecular formula is C12H13ClN4O3. The summed E-state index contributed by atoms with van der Waals surface area (Å²) in [6, 6.07) is 4.35. The number of nitro benzene ring substituents is 1. The summed E-state index contributed by atoms with van der Waals surface area (Å²) in [5.41, 5.74) is 0.0661. The van der Waals surface area contributed by atoms with Crippen molar-refractivity contribution in [2.75, 3.05) is 0 Å². The molecule has 1 aromatic heterocycles. The molecular weight excluding hydrogens is 284 g/mol. The maximum atomic E-state index is 11.1. The SMILES string of the molecule is CC(C)n1c(CO)nnc1-c1c(Cl)cccc1[N+](=O)[O-]. The lowest BCUT2D eigenvalue weighted by Gasteiger charge is -2.13. The molecule has 0 aliphatic carbocycles. The molecule has 106 valence electrons. The van der Waals surface area contributed by atoms with Crippen LogP contribution >= 0.6 is 11.6 Å². The molecule has 0 amide bonds. The first-order valence-electron chi connectivity index (χ1n) is 5.95. The quantitative estimate of drug-likeness (QED) is 0.691. The number of rotatable bonds is 4. The van der Waals surface area contributed by atoms with E-state index >= 15 is 0 Å². The number of aliphatic hydroxyl groups excluding tert-OH is 1. The third-order valence-electron chi connectivity index (χ3n) is 2.84. The van der Waals surface area contributed by atoms with Gasteiger partial charge in [-0.15, -0.1) is 10.2 Å². The molecule has 2 rings (SSSR count). The van der Waals surface area contributed by atoms with E-state index in [1.54, 1.807) is 10.6 Å². The normalized spacial score (nSPS) is 11.1. The Morgan fingerprint density at radius 1 is 1.45 bits per heavy atom. The summed E-state index contributed by atoms with van der Waals surface area (Å²) < 4.78 is 1.63.